The highest BCUT2D eigenvalue weighted by Crippen LogP contribution is 2.30. The van der Waals surface area contributed by atoms with Gasteiger partial charge in [-0.05, 0) is 67.1 Å². The summed E-state index contributed by atoms with van der Waals surface area (Å²) in [6.45, 7) is 3.04. The summed E-state index contributed by atoms with van der Waals surface area (Å²) in [5.41, 5.74) is 3.12. The number of likely N-dealkylation sites (N-methyl/N-ethyl adjacent to an activating group) is 1. The fourth-order valence-electron chi connectivity index (χ4n) is 5.34. The monoisotopic (exact) mass is 541 g/mol. The van der Waals surface area contributed by atoms with Crippen LogP contribution in [0.15, 0.2) is 48.5 Å². The number of benzene rings is 2. The Hall–Kier alpha value is -2.91. The van der Waals surface area contributed by atoms with Crippen LogP contribution in [0, 0.1) is 0 Å². The fraction of sp³-hybridized carbons (Fsp3) is 0.444. The average molecular weight is 542 g/mol. The molecule has 0 saturated carbocycles. The molecule has 4 amide bonds. The maximum Gasteiger partial charge on any atom is 0.321 e. The lowest BCUT2D eigenvalue weighted by molar-refractivity contribution is -0.132. The third-order valence-electron chi connectivity index (χ3n) is 7.64. The fourth-order valence-corrected chi connectivity index (χ4v) is 6.24. The number of hydrogen-bond acceptors (Lipinski definition) is 5. The van der Waals surface area contributed by atoms with Gasteiger partial charge in [-0.1, -0.05) is 35.5 Å². The quantitative estimate of drug-likeness (QED) is 0.577. The van der Waals surface area contributed by atoms with Crippen LogP contribution in [0.5, 0.6) is 0 Å². The Bertz CT molecular complexity index is 1140. The van der Waals surface area contributed by atoms with E-state index in [2.05, 4.69) is 27.7 Å². The SMILES string of the molecule is CN(C(=O)C1CSC(=O)N1)C1CCN(c2ccc(NC(=O)N3CCC(c4ccc(Cl)cc4)CC3)cc2)C1. The summed E-state index contributed by atoms with van der Waals surface area (Å²) in [6.07, 6.45) is 2.75. The largest absolute Gasteiger partial charge is 0.369 e. The number of amides is 4. The van der Waals surface area contributed by atoms with Crippen LogP contribution in [-0.2, 0) is 4.79 Å². The van der Waals surface area contributed by atoms with E-state index in [0.717, 1.165) is 73.6 Å². The third-order valence-corrected chi connectivity index (χ3v) is 8.77. The summed E-state index contributed by atoms with van der Waals surface area (Å²) in [6, 6.07) is 15.5. The van der Waals surface area contributed by atoms with Crippen molar-refractivity contribution in [3.05, 3.63) is 59.1 Å². The highest BCUT2D eigenvalue weighted by atomic mass is 35.5. The number of hydrogen-bond donors (Lipinski definition) is 2. The van der Waals surface area contributed by atoms with E-state index in [9.17, 15) is 14.4 Å². The first-order valence-corrected chi connectivity index (χ1v) is 14.1. The van der Waals surface area contributed by atoms with Gasteiger partial charge in [0.2, 0.25) is 5.91 Å². The molecule has 3 heterocycles. The summed E-state index contributed by atoms with van der Waals surface area (Å²) in [5.74, 6) is 0.918. The summed E-state index contributed by atoms with van der Waals surface area (Å²) >= 11 is 7.17. The number of likely N-dealkylation sites (tertiary alicyclic amines) is 1. The van der Waals surface area contributed by atoms with Crippen molar-refractivity contribution in [1.82, 2.24) is 15.1 Å². The zero-order chi connectivity index (χ0) is 25.9. The van der Waals surface area contributed by atoms with Crippen LogP contribution in [-0.4, -0.2) is 78.0 Å². The van der Waals surface area contributed by atoms with Crippen molar-refractivity contribution in [3.8, 4) is 0 Å². The number of nitrogens with one attached hydrogen (secondary N) is 2. The third kappa shape index (κ3) is 5.99. The van der Waals surface area contributed by atoms with Crippen LogP contribution in [0.3, 0.4) is 0 Å². The molecule has 3 aliphatic heterocycles. The Labute approximate surface area is 226 Å². The molecule has 196 valence electrons. The molecule has 0 bridgehead atoms. The van der Waals surface area contributed by atoms with Crippen molar-refractivity contribution in [2.45, 2.75) is 37.3 Å². The number of thioether (sulfide) groups is 1. The van der Waals surface area contributed by atoms with E-state index in [1.807, 2.05) is 48.3 Å². The molecule has 10 heteroatoms. The number of halogens is 1. The number of carbonyl (C=O) groups excluding carboxylic acids is 3. The van der Waals surface area contributed by atoms with E-state index in [1.54, 1.807) is 4.90 Å². The van der Waals surface area contributed by atoms with Crippen molar-refractivity contribution < 1.29 is 14.4 Å². The van der Waals surface area contributed by atoms with Crippen LogP contribution in [0.25, 0.3) is 0 Å². The minimum atomic E-state index is -0.428. The molecule has 3 saturated heterocycles. The Balaban J connectivity index is 1.09. The molecule has 0 spiro atoms. The van der Waals surface area contributed by atoms with Crippen LogP contribution in [0.4, 0.5) is 21.0 Å². The summed E-state index contributed by atoms with van der Waals surface area (Å²) < 4.78 is 0. The van der Waals surface area contributed by atoms with Crippen LogP contribution in [0.1, 0.15) is 30.7 Å². The Kier molecular flexibility index (Phi) is 7.81. The second kappa shape index (κ2) is 11.2. The van der Waals surface area contributed by atoms with E-state index in [4.69, 9.17) is 11.6 Å². The number of rotatable bonds is 5. The van der Waals surface area contributed by atoms with Crippen molar-refractivity contribution in [2.75, 3.05) is 49.2 Å². The molecule has 3 aliphatic rings. The van der Waals surface area contributed by atoms with Gasteiger partial charge >= 0.3 is 6.03 Å². The standard InChI is InChI=1S/C27H32ClN5O3S/c1-31(25(34)24-17-37-27(36)30-24)23-12-15-33(16-23)22-8-6-21(7-9-22)29-26(35)32-13-10-19(11-14-32)18-2-4-20(28)5-3-18/h2-9,19,23-24H,10-17H2,1H3,(H,29,35)(H,30,36). The molecule has 3 fully saturated rings. The van der Waals surface area contributed by atoms with Gasteiger partial charge in [-0.2, -0.15) is 0 Å². The van der Waals surface area contributed by atoms with E-state index < -0.39 is 6.04 Å². The van der Waals surface area contributed by atoms with Gasteiger partial charge in [0.05, 0.1) is 6.04 Å². The molecule has 0 aliphatic carbocycles. The minimum absolute atomic E-state index is 0.0274. The zero-order valence-electron chi connectivity index (χ0n) is 20.9. The first-order chi connectivity index (χ1) is 17.9. The lowest BCUT2D eigenvalue weighted by Crippen LogP contribution is -2.48. The highest BCUT2D eigenvalue weighted by molar-refractivity contribution is 8.14. The summed E-state index contributed by atoms with van der Waals surface area (Å²) in [4.78, 5) is 42.9. The molecule has 0 aromatic heterocycles. The minimum Gasteiger partial charge on any atom is -0.369 e. The topological polar surface area (TPSA) is 85.0 Å². The van der Waals surface area contributed by atoms with E-state index in [1.165, 1.54) is 5.56 Å². The second-order valence-corrected chi connectivity index (χ2v) is 11.4. The summed E-state index contributed by atoms with van der Waals surface area (Å²) in [5, 5.41) is 6.38. The number of anilines is 2. The van der Waals surface area contributed by atoms with E-state index in [0.29, 0.717) is 11.7 Å². The molecule has 8 nitrogen and oxygen atoms in total. The normalized spacial score (nSPS) is 22.2. The van der Waals surface area contributed by atoms with Gasteiger partial charge in [-0.3, -0.25) is 9.59 Å². The van der Waals surface area contributed by atoms with Crippen LogP contribution in [0.2, 0.25) is 5.02 Å². The maximum atomic E-state index is 12.8. The van der Waals surface area contributed by atoms with Crippen molar-refractivity contribution in [1.29, 1.82) is 0 Å². The van der Waals surface area contributed by atoms with Crippen LogP contribution < -0.4 is 15.5 Å². The molecule has 5 rings (SSSR count). The van der Waals surface area contributed by atoms with E-state index in [-0.39, 0.29) is 23.2 Å². The molecule has 2 aromatic rings. The molecule has 2 aromatic carbocycles. The van der Waals surface area contributed by atoms with Gasteiger partial charge in [0, 0.05) is 55.4 Å². The van der Waals surface area contributed by atoms with Crippen molar-refractivity contribution in [3.63, 3.8) is 0 Å². The van der Waals surface area contributed by atoms with Crippen LogP contribution >= 0.6 is 23.4 Å². The first kappa shape index (κ1) is 25.7. The van der Waals surface area contributed by atoms with E-state index >= 15 is 0 Å². The highest BCUT2D eigenvalue weighted by Gasteiger charge is 2.35. The smallest absolute Gasteiger partial charge is 0.321 e. The maximum absolute atomic E-state index is 12.8. The number of urea groups is 1. The van der Waals surface area contributed by atoms with Gasteiger partial charge in [0.1, 0.15) is 6.04 Å². The molecular weight excluding hydrogens is 510 g/mol. The summed E-state index contributed by atoms with van der Waals surface area (Å²) in [7, 11) is 1.82. The second-order valence-electron chi connectivity index (χ2n) is 9.92. The first-order valence-electron chi connectivity index (χ1n) is 12.7. The molecule has 2 atom stereocenters. The Morgan fingerprint density at radius 3 is 2.38 bits per heavy atom. The number of carbonyl (C=O) groups is 3. The van der Waals surface area contributed by atoms with Crippen molar-refractivity contribution >= 4 is 51.9 Å². The molecule has 37 heavy (non-hydrogen) atoms. The van der Waals surface area contributed by atoms with Gasteiger partial charge in [0.15, 0.2) is 0 Å². The predicted molar refractivity (Wildman–Crippen MR) is 149 cm³/mol. The van der Waals surface area contributed by atoms with Gasteiger partial charge in [-0.15, -0.1) is 0 Å². The zero-order valence-corrected chi connectivity index (χ0v) is 22.4. The number of nitrogens with zero attached hydrogens (tertiary/aromatic N) is 3. The molecular formula is C27H32ClN5O3S. The van der Waals surface area contributed by atoms with Gasteiger partial charge < -0.3 is 25.3 Å². The predicted octanol–water partition coefficient (Wildman–Crippen LogP) is 4.61. The molecule has 2 N–H and O–H groups in total. The Morgan fingerprint density at radius 1 is 1.03 bits per heavy atom. The Morgan fingerprint density at radius 2 is 1.73 bits per heavy atom. The lowest BCUT2D eigenvalue weighted by Gasteiger charge is -2.32. The van der Waals surface area contributed by atoms with Crippen molar-refractivity contribution in [2.24, 2.45) is 0 Å². The number of piperidine rings is 1. The average Bonchev–Trinajstić information content (AvgIpc) is 3.58. The molecule has 0 radical (unpaired) electrons. The molecule has 2 unspecified atom stereocenters. The van der Waals surface area contributed by atoms with Gasteiger partial charge in [0.25, 0.3) is 5.24 Å². The van der Waals surface area contributed by atoms with Gasteiger partial charge in [-0.25, -0.2) is 4.79 Å². The lowest BCUT2D eigenvalue weighted by atomic mass is 9.89.